The van der Waals surface area contributed by atoms with Crippen molar-refractivity contribution in [1.82, 2.24) is 4.90 Å². The Labute approximate surface area is 212 Å². The van der Waals surface area contributed by atoms with Gasteiger partial charge >= 0.3 is 0 Å². The number of amides is 3. The van der Waals surface area contributed by atoms with Crippen molar-refractivity contribution < 1.29 is 19.1 Å². The number of nitrogens with zero attached hydrogens (tertiary/aromatic N) is 1. The third-order valence-electron chi connectivity index (χ3n) is 5.70. The lowest BCUT2D eigenvalue weighted by Gasteiger charge is -2.14. The molecule has 0 spiro atoms. The molecule has 178 valence electrons. The van der Waals surface area contributed by atoms with Gasteiger partial charge in [0.05, 0.1) is 11.4 Å². The highest BCUT2D eigenvalue weighted by atomic mass is 32.2. The van der Waals surface area contributed by atoms with Gasteiger partial charge in [0.15, 0.2) is 6.61 Å². The van der Waals surface area contributed by atoms with E-state index < -0.39 is 0 Å². The summed E-state index contributed by atoms with van der Waals surface area (Å²) in [6, 6.07) is 30.0. The molecule has 0 aromatic heterocycles. The van der Waals surface area contributed by atoms with Crippen LogP contribution in [0, 0.1) is 0 Å². The number of rotatable bonds is 7. The summed E-state index contributed by atoms with van der Waals surface area (Å²) < 4.78 is 5.74. The van der Waals surface area contributed by atoms with Crippen LogP contribution in [0.1, 0.15) is 11.1 Å². The summed E-state index contributed by atoms with van der Waals surface area (Å²) in [5.74, 6) is -0.206. The van der Waals surface area contributed by atoms with Gasteiger partial charge in [-0.1, -0.05) is 78.9 Å². The van der Waals surface area contributed by atoms with Gasteiger partial charge in [0, 0.05) is 11.3 Å². The number of fused-ring (bicyclic) bond motifs is 1. The van der Waals surface area contributed by atoms with Gasteiger partial charge in [-0.05, 0) is 52.4 Å². The van der Waals surface area contributed by atoms with E-state index in [-0.39, 0.29) is 30.2 Å². The Kier molecular flexibility index (Phi) is 6.82. The molecule has 0 saturated carbocycles. The first kappa shape index (κ1) is 23.4. The topological polar surface area (TPSA) is 75.7 Å². The first-order chi connectivity index (χ1) is 17.6. The second-order valence-electron chi connectivity index (χ2n) is 8.15. The molecule has 1 aliphatic heterocycles. The summed E-state index contributed by atoms with van der Waals surface area (Å²) in [4.78, 5) is 39.7. The van der Waals surface area contributed by atoms with Crippen molar-refractivity contribution in [3.05, 3.63) is 113 Å². The molecule has 4 aromatic carbocycles. The number of ether oxygens (including phenoxy) is 1. The standard InChI is InChI=1S/C29H22N2O4S/c32-27(30-23-13-2-1-3-14-23)19-35-25-16-7-5-10-21(25)17-26-28(33)31(29(34)36-26)18-22-12-8-11-20-9-4-6-15-24(20)22/h1-17H,18-19H2,(H,30,32)/b26-17-. The average molecular weight is 495 g/mol. The molecule has 0 radical (unpaired) electrons. The molecule has 1 saturated heterocycles. The van der Waals surface area contributed by atoms with Crippen molar-refractivity contribution in [1.29, 1.82) is 0 Å². The third kappa shape index (κ3) is 5.16. The predicted molar refractivity (Wildman–Crippen MR) is 142 cm³/mol. The van der Waals surface area contributed by atoms with Crippen LogP contribution in [0.15, 0.2) is 102 Å². The quantitative estimate of drug-likeness (QED) is 0.315. The number of hydrogen-bond acceptors (Lipinski definition) is 5. The molecule has 0 atom stereocenters. The fourth-order valence-electron chi connectivity index (χ4n) is 3.97. The maximum atomic E-state index is 13.2. The van der Waals surface area contributed by atoms with E-state index in [0.717, 1.165) is 28.1 Å². The summed E-state index contributed by atoms with van der Waals surface area (Å²) in [5.41, 5.74) is 2.20. The van der Waals surface area contributed by atoms with Crippen LogP contribution in [0.3, 0.4) is 0 Å². The lowest BCUT2D eigenvalue weighted by Crippen LogP contribution is -2.27. The highest BCUT2D eigenvalue weighted by molar-refractivity contribution is 8.18. The Hall–Kier alpha value is -4.36. The first-order valence-electron chi connectivity index (χ1n) is 11.4. The highest BCUT2D eigenvalue weighted by Crippen LogP contribution is 2.35. The van der Waals surface area contributed by atoms with E-state index in [9.17, 15) is 14.4 Å². The minimum absolute atomic E-state index is 0.192. The highest BCUT2D eigenvalue weighted by Gasteiger charge is 2.35. The zero-order valence-electron chi connectivity index (χ0n) is 19.2. The van der Waals surface area contributed by atoms with Gasteiger partial charge in [-0.3, -0.25) is 19.3 Å². The maximum absolute atomic E-state index is 13.2. The first-order valence-corrected chi connectivity index (χ1v) is 12.2. The van der Waals surface area contributed by atoms with E-state index in [1.54, 1.807) is 36.4 Å². The number of nitrogens with one attached hydrogen (secondary N) is 1. The molecular formula is C29H22N2O4S. The lowest BCUT2D eigenvalue weighted by atomic mass is 10.0. The van der Waals surface area contributed by atoms with Crippen molar-refractivity contribution in [2.45, 2.75) is 6.54 Å². The van der Waals surface area contributed by atoms with Crippen LogP contribution in [0.4, 0.5) is 10.5 Å². The third-order valence-corrected chi connectivity index (χ3v) is 6.61. The van der Waals surface area contributed by atoms with Crippen molar-refractivity contribution in [2.24, 2.45) is 0 Å². The minimum atomic E-state index is -0.352. The maximum Gasteiger partial charge on any atom is 0.293 e. The summed E-state index contributed by atoms with van der Waals surface area (Å²) in [6.07, 6.45) is 1.64. The molecule has 1 heterocycles. The molecule has 7 heteroatoms. The number of carbonyl (C=O) groups is 3. The van der Waals surface area contributed by atoms with Gasteiger partial charge in [-0.2, -0.15) is 0 Å². The Morgan fingerprint density at radius 3 is 2.44 bits per heavy atom. The van der Waals surface area contributed by atoms with Crippen LogP contribution >= 0.6 is 11.8 Å². The Morgan fingerprint density at radius 1 is 0.861 bits per heavy atom. The van der Waals surface area contributed by atoms with Crippen LogP contribution in [0.5, 0.6) is 5.75 Å². The van der Waals surface area contributed by atoms with Crippen LogP contribution in [-0.4, -0.2) is 28.6 Å². The normalized spacial score (nSPS) is 14.4. The Balaban J connectivity index is 1.31. The van der Waals surface area contributed by atoms with E-state index in [2.05, 4.69) is 5.32 Å². The molecule has 5 rings (SSSR count). The molecule has 0 aliphatic carbocycles. The minimum Gasteiger partial charge on any atom is -0.483 e. The van der Waals surface area contributed by atoms with E-state index in [1.165, 1.54) is 4.90 Å². The van der Waals surface area contributed by atoms with Crippen LogP contribution in [-0.2, 0) is 16.1 Å². The summed E-state index contributed by atoms with van der Waals surface area (Å²) >= 11 is 0.900. The summed E-state index contributed by atoms with van der Waals surface area (Å²) in [7, 11) is 0. The Bertz CT molecular complexity index is 1480. The van der Waals surface area contributed by atoms with Gasteiger partial charge in [0.25, 0.3) is 17.1 Å². The van der Waals surface area contributed by atoms with Crippen LogP contribution in [0.2, 0.25) is 0 Å². The van der Waals surface area contributed by atoms with Gasteiger partial charge < -0.3 is 10.1 Å². The number of hydrogen-bond donors (Lipinski definition) is 1. The largest absolute Gasteiger partial charge is 0.483 e. The van der Waals surface area contributed by atoms with Crippen molar-refractivity contribution >= 4 is 51.4 Å². The zero-order chi connectivity index (χ0) is 24.9. The van der Waals surface area contributed by atoms with Gasteiger partial charge in [0.1, 0.15) is 5.75 Å². The molecule has 36 heavy (non-hydrogen) atoms. The van der Waals surface area contributed by atoms with E-state index in [0.29, 0.717) is 21.9 Å². The molecular weight excluding hydrogens is 472 g/mol. The van der Waals surface area contributed by atoms with E-state index in [4.69, 9.17) is 4.74 Å². The second-order valence-corrected chi connectivity index (χ2v) is 9.14. The summed E-state index contributed by atoms with van der Waals surface area (Å²) in [5, 5.41) is 4.52. The molecule has 4 aromatic rings. The number of para-hydroxylation sites is 2. The molecule has 0 unspecified atom stereocenters. The van der Waals surface area contributed by atoms with Crippen molar-refractivity contribution in [3.8, 4) is 5.75 Å². The number of anilines is 1. The molecule has 3 amide bonds. The summed E-state index contributed by atoms with van der Waals surface area (Å²) in [6.45, 7) is 0.00344. The van der Waals surface area contributed by atoms with Gasteiger partial charge in [-0.25, -0.2) is 0 Å². The fraction of sp³-hybridized carbons (Fsp3) is 0.0690. The molecule has 6 nitrogen and oxygen atoms in total. The Morgan fingerprint density at radius 2 is 1.58 bits per heavy atom. The lowest BCUT2D eigenvalue weighted by molar-refractivity contribution is -0.123. The van der Waals surface area contributed by atoms with Gasteiger partial charge in [-0.15, -0.1) is 0 Å². The number of thioether (sulfide) groups is 1. The zero-order valence-corrected chi connectivity index (χ0v) is 20.0. The number of imide groups is 1. The molecule has 0 bridgehead atoms. The van der Waals surface area contributed by atoms with Crippen LogP contribution < -0.4 is 10.1 Å². The van der Waals surface area contributed by atoms with Crippen molar-refractivity contribution in [3.63, 3.8) is 0 Å². The molecule has 1 N–H and O–H groups in total. The van der Waals surface area contributed by atoms with Crippen LogP contribution in [0.25, 0.3) is 16.8 Å². The number of benzene rings is 4. The second kappa shape index (κ2) is 10.5. The predicted octanol–water partition coefficient (Wildman–Crippen LogP) is 6.09. The fourth-order valence-corrected chi connectivity index (χ4v) is 4.80. The van der Waals surface area contributed by atoms with Gasteiger partial charge in [0.2, 0.25) is 0 Å². The smallest absolute Gasteiger partial charge is 0.293 e. The number of carbonyl (C=O) groups excluding carboxylic acids is 3. The van der Waals surface area contributed by atoms with E-state index in [1.807, 2.05) is 66.7 Å². The average Bonchev–Trinajstić information content (AvgIpc) is 3.16. The SMILES string of the molecule is O=C(COc1ccccc1/C=C1\SC(=O)N(Cc2cccc3ccccc23)C1=O)Nc1ccccc1. The molecule has 1 fully saturated rings. The monoisotopic (exact) mass is 494 g/mol. The van der Waals surface area contributed by atoms with E-state index >= 15 is 0 Å². The molecule has 1 aliphatic rings. The van der Waals surface area contributed by atoms with Crippen molar-refractivity contribution in [2.75, 3.05) is 11.9 Å².